The number of hydrogen-bond acceptors (Lipinski definition) is 6. The number of anilines is 1. The largest absolute Gasteiger partial charge is 0.465 e. The fourth-order valence-corrected chi connectivity index (χ4v) is 3.17. The summed E-state index contributed by atoms with van der Waals surface area (Å²) < 4.78 is 11.4. The van der Waals surface area contributed by atoms with Crippen molar-refractivity contribution in [3.63, 3.8) is 0 Å². The lowest BCUT2D eigenvalue weighted by Crippen LogP contribution is -2.41. The van der Waals surface area contributed by atoms with Gasteiger partial charge in [-0.3, -0.25) is 9.88 Å². The van der Waals surface area contributed by atoms with Gasteiger partial charge in [0.1, 0.15) is 17.3 Å². The molecular weight excluding hydrogens is 316 g/mol. The molecule has 1 saturated heterocycles. The van der Waals surface area contributed by atoms with Crippen molar-refractivity contribution in [2.75, 3.05) is 38.2 Å². The minimum atomic E-state index is 0.144. The topological polar surface area (TPSA) is 63.4 Å². The molecule has 25 heavy (non-hydrogen) atoms. The second-order valence-corrected chi connectivity index (χ2v) is 6.24. The molecular formula is C19H22N4O2. The molecule has 1 aliphatic heterocycles. The third-order valence-electron chi connectivity index (χ3n) is 4.50. The number of fused-ring (bicyclic) bond motifs is 1. The van der Waals surface area contributed by atoms with E-state index in [-0.39, 0.29) is 6.04 Å². The lowest BCUT2D eigenvalue weighted by atomic mass is 10.1. The van der Waals surface area contributed by atoms with Crippen LogP contribution in [0.5, 0.6) is 0 Å². The first-order chi connectivity index (χ1) is 12.3. The van der Waals surface area contributed by atoms with Crippen LogP contribution in [0, 0.1) is 6.92 Å². The van der Waals surface area contributed by atoms with Gasteiger partial charge < -0.3 is 14.5 Å². The number of furan rings is 1. The van der Waals surface area contributed by atoms with Crippen molar-refractivity contribution in [3.8, 4) is 0 Å². The summed E-state index contributed by atoms with van der Waals surface area (Å²) in [6, 6.07) is 12.1. The number of nitrogens with one attached hydrogen (secondary N) is 1. The Bertz CT molecular complexity index is 842. The fourth-order valence-electron chi connectivity index (χ4n) is 3.17. The third-order valence-corrected chi connectivity index (χ3v) is 4.50. The molecule has 3 heterocycles. The van der Waals surface area contributed by atoms with Gasteiger partial charge in [0.2, 0.25) is 0 Å². The molecule has 0 saturated carbocycles. The van der Waals surface area contributed by atoms with E-state index >= 15 is 0 Å². The Labute approximate surface area is 146 Å². The lowest BCUT2D eigenvalue weighted by molar-refractivity contribution is 0.0143. The summed E-state index contributed by atoms with van der Waals surface area (Å²) >= 11 is 0. The summed E-state index contributed by atoms with van der Waals surface area (Å²) in [7, 11) is 0. The highest BCUT2D eigenvalue weighted by atomic mass is 16.5. The minimum absolute atomic E-state index is 0.144. The summed E-state index contributed by atoms with van der Waals surface area (Å²) in [6.07, 6.45) is 1.78. The molecule has 0 amide bonds. The van der Waals surface area contributed by atoms with Crippen molar-refractivity contribution >= 4 is 16.9 Å². The minimum Gasteiger partial charge on any atom is -0.465 e. The number of rotatable bonds is 5. The second kappa shape index (κ2) is 7.21. The van der Waals surface area contributed by atoms with Gasteiger partial charge in [-0.15, -0.1) is 0 Å². The van der Waals surface area contributed by atoms with E-state index in [0.717, 1.165) is 54.7 Å². The van der Waals surface area contributed by atoms with Gasteiger partial charge in [-0.05, 0) is 31.2 Å². The fraction of sp³-hybridized carbons (Fsp3) is 0.368. The summed E-state index contributed by atoms with van der Waals surface area (Å²) in [5.41, 5.74) is 1.80. The number of hydrogen-bond donors (Lipinski definition) is 1. The van der Waals surface area contributed by atoms with Crippen molar-refractivity contribution in [2.45, 2.75) is 13.0 Å². The monoisotopic (exact) mass is 338 g/mol. The van der Waals surface area contributed by atoms with Gasteiger partial charge in [-0.25, -0.2) is 4.98 Å². The van der Waals surface area contributed by atoms with E-state index in [4.69, 9.17) is 9.15 Å². The molecule has 6 nitrogen and oxygen atoms in total. The van der Waals surface area contributed by atoms with Crippen LogP contribution >= 0.6 is 0 Å². The van der Waals surface area contributed by atoms with Crippen LogP contribution in [-0.2, 0) is 4.74 Å². The smallest absolute Gasteiger partial charge is 0.145 e. The molecule has 0 aliphatic carbocycles. The normalized spacial score (nSPS) is 16.8. The Hall–Kier alpha value is -2.44. The van der Waals surface area contributed by atoms with E-state index in [1.165, 1.54) is 0 Å². The van der Waals surface area contributed by atoms with E-state index < -0.39 is 0 Å². The van der Waals surface area contributed by atoms with Gasteiger partial charge in [0, 0.05) is 19.6 Å². The van der Waals surface area contributed by atoms with Crippen LogP contribution in [0.1, 0.15) is 17.6 Å². The van der Waals surface area contributed by atoms with Crippen LogP contribution in [0.15, 0.2) is 47.0 Å². The average Bonchev–Trinajstić information content (AvgIpc) is 3.09. The molecule has 0 bridgehead atoms. The molecule has 0 spiro atoms. The summed E-state index contributed by atoms with van der Waals surface area (Å²) in [5, 5.41) is 3.43. The summed E-state index contributed by atoms with van der Waals surface area (Å²) in [4.78, 5) is 11.5. The van der Waals surface area contributed by atoms with E-state index in [9.17, 15) is 0 Å². The molecule has 4 rings (SSSR count). The van der Waals surface area contributed by atoms with Crippen molar-refractivity contribution in [1.29, 1.82) is 0 Å². The van der Waals surface area contributed by atoms with Gasteiger partial charge >= 0.3 is 0 Å². The molecule has 130 valence electrons. The molecule has 2 aromatic heterocycles. The zero-order valence-electron chi connectivity index (χ0n) is 14.3. The highest BCUT2D eigenvalue weighted by Gasteiger charge is 2.25. The molecule has 1 fully saturated rings. The first-order valence-electron chi connectivity index (χ1n) is 8.63. The van der Waals surface area contributed by atoms with Crippen LogP contribution < -0.4 is 5.32 Å². The molecule has 1 aromatic carbocycles. The van der Waals surface area contributed by atoms with Crippen molar-refractivity contribution < 1.29 is 9.15 Å². The maximum atomic E-state index is 5.90. The second-order valence-electron chi connectivity index (χ2n) is 6.24. The Morgan fingerprint density at radius 3 is 2.68 bits per heavy atom. The van der Waals surface area contributed by atoms with Crippen molar-refractivity contribution in [1.82, 2.24) is 14.9 Å². The van der Waals surface area contributed by atoms with Gasteiger partial charge in [0.05, 0.1) is 36.5 Å². The SMILES string of the molecule is Cc1ccc(C(CNc2cnc3ccccc3n2)N2CCOCC2)o1. The van der Waals surface area contributed by atoms with Crippen molar-refractivity contribution in [2.24, 2.45) is 0 Å². The quantitative estimate of drug-likeness (QED) is 0.771. The average molecular weight is 338 g/mol. The molecule has 3 aromatic rings. The van der Waals surface area contributed by atoms with Gasteiger partial charge in [0.25, 0.3) is 0 Å². The highest BCUT2D eigenvalue weighted by Crippen LogP contribution is 2.24. The Morgan fingerprint density at radius 2 is 1.92 bits per heavy atom. The molecule has 0 radical (unpaired) electrons. The number of aromatic nitrogens is 2. The van der Waals surface area contributed by atoms with Gasteiger partial charge in [0.15, 0.2) is 0 Å². The number of nitrogens with zero attached hydrogens (tertiary/aromatic N) is 3. The third kappa shape index (κ3) is 3.65. The van der Waals surface area contributed by atoms with E-state index in [1.54, 1.807) is 6.20 Å². The van der Waals surface area contributed by atoms with E-state index in [0.29, 0.717) is 6.54 Å². The number of morpholine rings is 1. The predicted octanol–water partition coefficient (Wildman–Crippen LogP) is 3.02. The molecule has 1 atom stereocenters. The molecule has 1 N–H and O–H groups in total. The van der Waals surface area contributed by atoms with E-state index in [2.05, 4.69) is 26.3 Å². The molecule has 1 aliphatic rings. The maximum absolute atomic E-state index is 5.90. The summed E-state index contributed by atoms with van der Waals surface area (Å²) in [5.74, 6) is 2.68. The first-order valence-corrected chi connectivity index (χ1v) is 8.63. The number of benzene rings is 1. The number of aryl methyl sites for hydroxylation is 1. The zero-order valence-corrected chi connectivity index (χ0v) is 14.3. The predicted molar refractivity (Wildman–Crippen MR) is 96.6 cm³/mol. The standard InChI is InChI=1S/C19H22N4O2/c1-14-6-7-18(25-14)17(23-8-10-24-11-9-23)12-21-19-13-20-15-4-2-3-5-16(15)22-19/h2-7,13,17H,8-12H2,1H3,(H,21,22). The summed E-state index contributed by atoms with van der Waals surface area (Å²) in [6.45, 7) is 5.99. The van der Waals surface area contributed by atoms with Crippen LogP contribution in [-0.4, -0.2) is 47.7 Å². The van der Waals surface area contributed by atoms with Crippen LogP contribution in [0.25, 0.3) is 11.0 Å². The van der Waals surface area contributed by atoms with Gasteiger partial charge in [-0.1, -0.05) is 12.1 Å². The Balaban J connectivity index is 1.52. The number of para-hydroxylation sites is 2. The van der Waals surface area contributed by atoms with Crippen LogP contribution in [0.3, 0.4) is 0 Å². The molecule has 6 heteroatoms. The van der Waals surface area contributed by atoms with Crippen LogP contribution in [0.4, 0.5) is 5.82 Å². The van der Waals surface area contributed by atoms with Crippen molar-refractivity contribution in [3.05, 3.63) is 54.1 Å². The molecule has 1 unspecified atom stereocenters. The van der Waals surface area contributed by atoms with Gasteiger partial charge in [-0.2, -0.15) is 0 Å². The number of ether oxygens (including phenoxy) is 1. The maximum Gasteiger partial charge on any atom is 0.145 e. The first kappa shape index (κ1) is 16.1. The highest BCUT2D eigenvalue weighted by molar-refractivity contribution is 5.75. The van der Waals surface area contributed by atoms with E-state index in [1.807, 2.05) is 37.3 Å². The zero-order chi connectivity index (χ0) is 17.1. The lowest BCUT2D eigenvalue weighted by Gasteiger charge is -2.33. The Kier molecular flexibility index (Phi) is 4.63. The Morgan fingerprint density at radius 1 is 1.12 bits per heavy atom. The van der Waals surface area contributed by atoms with Crippen LogP contribution in [0.2, 0.25) is 0 Å².